The lowest BCUT2D eigenvalue weighted by molar-refractivity contribution is -0.139. The van der Waals surface area contributed by atoms with Crippen molar-refractivity contribution in [2.24, 2.45) is 0 Å². The molecule has 104 valence electrons. The Kier molecular flexibility index (Phi) is 4.59. The lowest BCUT2D eigenvalue weighted by atomic mass is 9.94. The van der Waals surface area contributed by atoms with E-state index < -0.39 is 11.5 Å². The highest BCUT2D eigenvalue weighted by molar-refractivity contribution is 9.11. The molecule has 2 rings (SSSR count). The van der Waals surface area contributed by atoms with E-state index in [2.05, 4.69) is 21.2 Å². The Balaban J connectivity index is 1.97. The molecule has 2 heterocycles. The van der Waals surface area contributed by atoms with Gasteiger partial charge in [0.2, 0.25) is 5.91 Å². The van der Waals surface area contributed by atoms with Crippen LogP contribution in [0.3, 0.4) is 0 Å². The molecule has 7 heteroatoms. The van der Waals surface area contributed by atoms with E-state index in [0.717, 1.165) is 8.66 Å². The van der Waals surface area contributed by atoms with Crippen LogP contribution >= 0.6 is 27.3 Å². The molecule has 5 nitrogen and oxygen atoms in total. The Morgan fingerprint density at radius 3 is 2.84 bits per heavy atom. The molecule has 1 unspecified atom stereocenters. The molecule has 1 aliphatic heterocycles. The van der Waals surface area contributed by atoms with Crippen LogP contribution in [0.4, 0.5) is 0 Å². The fourth-order valence-corrected chi connectivity index (χ4v) is 3.61. The van der Waals surface area contributed by atoms with Crippen molar-refractivity contribution in [2.45, 2.75) is 24.8 Å². The molecule has 1 aromatic rings. The van der Waals surface area contributed by atoms with Gasteiger partial charge in [-0.1, -0.05) is 0 Å². The summed E-state index contributed by atoms with van der Waals surface area (Å²) in [6, 6.07) is 3.77. The molecule has 1 saturated heterocycles. The van der Waals surface area contributed by atoms with Crippen LogP contribution in [0.5, 0.6) is 0 Å². The monoisotopic (exact) mass is 347 g/mol. The fraction of sp³-hybridized carbons (Fsp3) is 0.500. The summed E-state index contributed by atoms with van der Waals surface area (Å²) in [5, 5.41) is 11.8. The zero-order valence-corrected chi connectivity index (χ0v) is 12.6. The third-order valence-corrected chi connectivity index (χ3v) is 4.58. The minimum Gasteiger partial charge on any atom is -0.481 e. The predicted molar refractivity (Wildman–Crippen MR) is 74.3 cm³/mol. The number of carboxylic acid groups (broad SMARTS) is 1. The van der Waals surface area contributed by atoms with Gasteiger partial charge in [0.1, 0.15) is 0 Å². The van der Waals surface area contributed by atoms with E-state index in [4.69, 9.17) is 9.84 Å². The Hall–Kier alpha value is -0.920. The number of thiophene rings is 1. The van der Waals surface area contributed by atoms with Crippen molar-refractivity contribution in [3.8, 4) is 0 Å². The highest BCUT2D eigenvalue weighted by Gasteiger charge is 2.38. The van der Waals surface area contributed by atoms with Gasteiger partial charge >= 0.3 is 5.97 Å². The first-order chi connectivity index (χ1) is 8.99. The van der Waals surface area contributed by atoms with Gasteiger partial charge in [-0.05, 0) is 34.5 Å². The minimum absolute atomic E-state index is 0.104. The highest BCUT2D eigenvalue weighted by atomic mass is 79.9. The second-order valence-electron chi connectivity index (χ2n) is 4.58. The van der Waals surface area contributed by atoms with Crippen LogP contribution < -0.4 is 5.32 Å². The average Bonchev–Trinajstić information content (AvgIpc) is 2.87. The Labute approximate surface area is 123 Å². The normalized spacial score (nSPS) is 22.4. The summed E-state index contributed by atoms with van der Waals surface area (Å²) in [7, 11) is 0. The number of rotatable bonds is 5. The van der Waals surface area contributed by atoms with Gasteiger partial charge in [0.25, 0.3) is 0 Å². The molecule has 1 fully saturated rings. The number of amides is 1. The van der Waals surface area contributed by atoms with Crippen LogP contribution in [0.25, 0.3) is 0 Å². The molecule has 0 aliphatic carbocycles. The van der Waals surface area contributed by atoms with Gasteiger partial charge in [-0.25, -0.2) is 0 Å². The molecular weight excluding hydrogens is 334 g/mol. The molecule has 1 aromatic heterocycles. The summed E-state index contributed by atoms with van der Waals surface area (Å²) in [4.78, 5) is 23.8. The van der Waals surface area contributed by atoms with Crippen LogP contribution in [-0.2, 0) is 20.7 Å². The minimum atomic E-state index is -0.926. The van der Waals surface area contributed by atoms with Gasteiger partial charge in [0, 0.05) is 11.5 Å². The summed E-state index contributed by atoms with van der Waals surface area (Å²) in [6.07, 6.45) is 0.698. The number of hydrogen-bond acceptors (Lipinski definition) is 4. The Morgan fingerprint density at radius 1 is 1.53 bits per heavy atom. The third-order valence-electron chi connectivity index (χ3n) is 2.96. The van der Waals surface area contributed by atoms with Crippen molar-refractivity contribution >= 4 is 39.1 Å². The Bertz CT molecular complexity index is 482. The zero-order valence-electron chi connectivity index (χ0n) is 10.1. The number of carboxylic acids is 1. The van der Waals surface area contributed by atoms with Crippen molar-refractivity contribution in [1.29, 1.82) is 0 Å². The summed E-state index contributed by atoms with van der Waals surface area (Å²) in [6.45, 7) is 0.747. The van der Waals surface area contributed by atoms with Gasteiger partial charge in [0.05, 0.1) is 28.8 Å². The first-order valence-electron chi connectivity index (χ1n) is 5.84. The van der Waals surface area contributed by atoms with E-state index in [-0.39, 0.29) is 25.4 Å². The topological polar surface area (TPSA) is 75.6 Å². The van der Waals surface area contributed by atoms with Crippen molar-refractivity contribution in [1.82, 2.24) is 5.32 Å². The quantitative estimate of drug-likeness (QED) is 0.851. The summed E-state index contributed by atoms with van der Waals surface area (Å²) >= 11 is 4.84. The molecular formula is C12H14BrNO4S. The van der Waals surface area contributed by atoms with E-state index in [1.165, 1.54) is 11.3 Å². The molecule has 0 aromatic carbocycles. The third kappa shape index (κ3) is 4.02. The molecule has 0 bridgehead atoms. The van der Waals surface area contributed by atoms with Crippen LogP contribution in [-0.4, -0.2) is 35.7 Å². The number of hydrogen-bond donors (Lipinski definition) is 2. The summed E-state index contributed by atoms with van der Waals surface area (Å²) in [5.74, 6) is -1.09. The van der Waals surface area contributed by atoms with Gasteiger partial charge in [0.15, 0.2) is 0 Å². The SMILES string of the molecule is O=C(O)CC1(NC(=O)Cc2ccc(Br)s2)CCOC1. The molecule has 1 atom stereocenters. The second-order valence-corrected chi connectivity index (χ2v) is 7.13. The lowest BCUT2D eigenvalue weighted by Crippen LogP contribution is -2.50. The zero-order chi connectivity index (χ0) is 13.9. The maximum absolute atomic E-state index is 12.0. The number of carbonyl (C=O) groups is 2. The van der Waals surface area contributed by atoms with E-state index in [1.807, 2.05) is 12.1 Å². The van der Waals surface area contributed by atoms with Crippen molar-refractivity contribution in [3.63, 3.8) is 0 Å². The Morgan fingerprint density at radius 2 is 2.32 bits per heavy atom. The maximum atomic E-state index is 12.0. The summed E-state index contributed by atoms with van der Waals surface area (Å²) in [5.41, 5.74) is -0.753. The molecule has 1 amide bonds. The molecule has 2 N–H and O–H groups in total. The molecule has 0 radical (unpaired) electrons. The van der Waals surface area contributed by atoms with E-state index in [1.54, 1.807) is 0 Å². The second kappa shape index (κ2) is 6.02. The van der Waals surface area contributed by atoms with Gasteiger partial charge in [-0.15, -0.1) is 11.3 Å². The molecule has 19 heavy (non-hydrogen) atoms. The average molecular weight is 348 g/mol. The van der Waals surface area contributed by atoms with E-state index in [0.29, 0.717) is 13.0 Å². The van der Waals surface area contributed by atoms with Crippen LogP contribution in [0.15, 0.2) is 15.9 Å². The number of ether oxygens (including phenoxy) is 1. The number of aliphatic carboxylic acids is 1. The van der Waals surface area contributed by atoms with Crippen molar-refractivity contribution < 1.29 is 19.4 Å². The van der Waals surface area contributed by atoms with Gasteiger partial charge < -0.3 is 15.2 Å². The number of halogens is 1. The van der Waals surface area contributed by atoms with Crippen LogP contribution in [0.1, 0.15) is 17.7 Å². The fourth-order valence-electron chi connectivity index (χ4n) is 2.12. The van der Waals surface area contributed by atoms with Crippen molar-refractivity contribution in [2.75, 3.05) is 13.2 Å². The molecule has 0 spiro atoms. The predicted octanol–water partition coefficient (Wildman–Crippen LogP) is 1.80. The lowest BCUT2D eigenvalue weighted by Gasteiger charge is -2.26. The highest BCUT2D eigenvalue weighted by Crippen LogP contribution is 2.25. The van der Waals surface area contributed by atoms with Crippen LogP contribution in [0, 0.1) is 0 Å². The van der Waals surface area contributed by atoms with Gasteiger partial charge in [-0.2, -0.15) is 0 Å². The number of carbonyl (C=O) groups excluding carboxylic acids is 1. The number of nitrogens with one attached hydrogen (secondary N) is 1. The largest absolute Gasteiger partial charge is 0.481 e. The smallest absolute Gasteiger partial charge is 0.305 e. The first kappa shape index (κ1) is 14.5. The maximum Gasteiger partial charge on any atom is 0.305 e. The molecule has 0 saturated carbocycles. The van der Waals surface area contributed by atoms with Gasteiger partial charge in [-0.3, -0.25) is 9.59 Å². The standard InChI is InChI=1S/C12H14BrNO4S/c13-9-2-1-8(19-9)5-10(15)14-12(6-11(16)17)3-4-18-7-12/h1-2H,3-7H2,(H,14,15)(H,16,17). The first-order valence-corrected chi connectivity index (χ1v) is 7.45. The molecule has 1 aliphatic rings. The van der Waals surface area contributed by atoms with Crippen molar-refractivity contribution in [3.05, 3.63) is 20.8 Å². The van der Waals surface area contributed by atoms with E-state index in [9.17, 15) is 9.59 Å². The van der Waals surface area contributed by atoms with E-state index >= 15 is 0 Å². The van der Waals surface area contributed by atoms with Crippen LogP contribution in [0.2, 0.25) is 0 Å². The summed E-state index contributed by atoms with van der Waals surface area (Å²) < 4.78 is 6.21.